The second kappa shape index (κ2) is 4.33. The molecule has 94 valence electrons. The van der Waals surface area contributed by atoms with Crippen LogP contribution in [0.5, 0.6) is 0 Å². The van der Waals surface area contributed by atoms with E-state index in [0.29, 0.717) is 23.4 Å². The van der Waals surface area contributed by atoms with Gasteiger partial charge >= 0.3 is 0 Å². The van der Waals surface area contributed by atoms with Crippen LogP contribution in [0.1, 0.15) is 11.1 Å². The Kier molecular flexibility index (Phi) is 2.65. The topological polar surface area (TPSA) is 64.7 Å². The number of nitrogens with two attached hydrogens (primary N) is 1. The van der Waals surface area contributed by atoms with Crippen LogP contribution >= 0.6 is 0 Å². The van der Waals surface area contributed by atoms with Crippen LogP contribution in [0.25, 0.3) is 0 Å². The van der Waals surface area contributed by atoms with Gasteiger partial charge in [0.15, 0.2) is 6.29 Å². The van der Waals surface area contributed by atoms with Crippen LogP contribution in [0.2, 0.25) is 0 Å². The van der Waals surface area contributed by atoms with E-state index in [-0.39, 0.29) is 0 Å². The lowest BCUT2D eigenvalue weighted by Gasteiger charge is -2.30. The van der Waals surface area contributed by atoms with Crippen molar-refractivity contribution in [2.24, 2.45) is 10.7 Å². The summed E-state index contributed by atoms with van der Waals surface area (Å²) in [5, 5.41) is 0. The monoisotopic (exact) mass is 252 g/mol. The van der Waals surface area contributed by atoms with Crippen LogP contribution in [0.3, 0.4) is 0 Å². The number of benzene rings is 2. The predicted octanol–water partition coefficient (Wildman–Crippen LogP) is 2.11. The molecule has 0 saturated carbocycles. The van der Waals surface area contributed by atoms with Gasteiger partial charge in [0.05, 0.1) is 5.69 Å². The Hall–Kier alpha value is -2.46. The molecular formula is C15H12N2O2. The average molecular weight is 252 g/mol. The number of hydrogen-bond acceptors (Lipinski definition) is 4. The largest absolute Gasteiger partial charge is 0.444 e. The fourth-order valence-corrected chi connectivity index (χ4v) is 2.04. The number of fused-ring (bicyclic) bond motifs is 1. The van der Waals surface area contributed by atoms with Gasteiger partial charge in [-0.3, -0.25) is 10.5 Å². The average Bonchev–Trinajstić information content (AvgIpc) is 2.48. The van der Waals surface area contributed by atoms with Gasteiger partial charge in [0.2, 0.25) is 11.6 Å². The highest BCUT2D eigenvalue weighted by molar-refractivity contribution is 5.99. The van der Waals surface area contributed by atoms with Gasteiger partial charge in [-0.2, -0.15) is 0 Å². The number of nitrogens with zero attached hydrogens (tertiary/aromatic N) is 1. The smallest absolute Gasteiger partial charge is 0.244 e. The highest BCUT2D eigenvalue weighted by atomic mass is 16.5. The van der Waals surface area contributed by atoms with Gasteiger partial charge < -0.3 is 4.74 Å². The first-order valence-corrected chi connectivity index (χ1v) is 5.91. The van der Waals surface area contributed by atoms with Crippen molar-refractivity contribution in [3.05, 3.63) is 65.7 Å². The van der Waals surface area contributed by atoms with Gasteiger partial charge in [0, 0.05) is 11.1 Å². The van der Waals surface area contributed by atoms with Gasteiger partial charge in [0.1, 0.15) is 0 Å². The molecule has 0 fully saturated rings. The molecule has 19 heavy (non-hydrogen) atoms. The molecule has 0 aromatic heterocycles. The Labute approximate surface area is 110 Å². The summed E-state index contributed by atoms with van der Waals surface area (Å²) in [6.07, 6.45) is 0.601. The molecule has 2 aromatic rings. The summed E-state index contributed by atoms with van der Waals surface area (Å²) >= 11 is 0. The van der Waals surface area contributed by atoms with Crippen molar-refractivity contribution in [2.75, 3.05) is 0 Å². The fraction of sp³-hybridized carbons (Fsp3) is 0.0667. The Bertz CT molecular complexity index is 652. The van der Waals surface area contributed by atoms with Crippen molar-refractivity contribution in [1.29, 1.82) is 0 Å². The Balaban J connectivity index is 2.16. The number of rotatable bonds is 2. The van der Waals surface area contributed by atoms with E-state index in [1.165, 1.54) is 0 Å². The second-order valence-electron chi connectivity index (χ2n) is 4.31. The SMILES string of the molecule is NC1(C=O)OC(c2ccccc2)=Nc2ccccc21. The lowest BCUT2D eigenvalue weighted by molar-refractivity contribution is -0.123. The third kappa shape index (κ3) is 1.92. The van der Waals surface area contributed by atoms with Crippen molar-refractivity contribution >= 4 is 17.9 Å². The third-order valence-corrected chi connectivity index (χ3v) is 3.01. The summed E-state index contributed by atoms with van der Waals surface area (Å²) in [6, 6.07) is 16.6. The van der Waals surface area contributed by atoms with E-state index < -0.39 is 5.72 Å². The minimum absolute atomic E-state index is 0.355. The first-order valence-electron chi connectivity index (χ1n) is 5.91. The first kappa shape index (κ1) is 11.6. The van der Waals surface area contributed by atoms with Crippen molar-refractivity contribution in [2.45, 2.75) is 5.72 Å². The summed E-state index contributed by atoms with van der Waals surface area (Å²) in [5.74, 6) is 0.355. The van der Waals surface area contributed by atoms with E-state index in [0.717, 1.165) is 5.56 Å². The van der Waals surface area contributed by atoms with E-state index in [1.54, 1.807) is 12.1 Å². The van der Waals surface area contributed by atoms with Gasteiger partial charge in [-0.15, -0.1) is 0 Å². The summed E-state index contributed by atoms with van der Waals surface area (Å²) in [6.45, 7) is 0. The maximum absolute atomic E-state index is 11.3. The summed E-state index contributed by atoms with van der Waals surface area (Å²) in [4.78, 5) is 15.7. The van der Waals surface area contributed by atoms with Gasteiger partial charge in [-0.1, -0.05) is 36.4 Å². The van der Waals surface area contributed by atoms with Crippen molar-refractivity contribution in [3.8, 4) is 0 Å². The van der Waals surface area contributed by atoms with E-state index in [1.807, 2.05) is 42.5 Å². The molecule has 4 heteroatoms. The van der Waals surface area contributed by atoms with Crippen molar-refractivity contribution in [3.63, 3.8) is 0 Å². The summed E-state index contributed by atoms with van der Waals surface area (Å²) < 4.78 is 5.60. The molecule has 0 bridgehead atoms. The van der Waals surface area contributed by atoms with Crippen LogP contribution in [-0.4, -0.2) is 12.2 Å². The minimum atomic E-state index is -1.48. The maximum Gasteiger partial charge on any atom is 0.244 e. The molecule has 0 spiro atoms. The minimum Gasteiger partial charge on any atom is -0.444 e. The number of hydrogen-bond donors (Lipinski definition) is 1. The number of carbonyl (C=O) groups is 1. The maximum atomic E-state index is 11.3. The fourth-order valence-electron chi connectivity index (χ4n) is 2.04. The van der Waals surface area contributed by atoms with Crippen LogP contribution in [0, 0.1) is 0 Å². The van der Waals surface area contributed by atoms with Gasteiger partial charge in [0.25, 0.3) is 0 Å². The van der Waals surface area contributed by atoms with Crippen molar-refractivity contribution < 1.29 is 9.53 Å². The van der Waals surface area contributed by atoms with Crippen molar-refractivity contribution in [1.82, 2.24) is 0 Å². The molecule has 0 radical (unpaired) electrons. The molecule has 1 aliphatic rings. The van der Waals surface area contributed by atoms with E-state index in [9.17, 15) is 4.79 Å². The third-order valence-electron chi connectivity index (χ3n) is 3.01. The second-order valence-corrected chi connectivity index (χ2v) is 4.31. The molecule has 1 heterocycles. The molecule has 2 N–H and O–H groups in total. The quantitative estimate of drug-likeness (QED) is 0.832. The molecule has 2 aromatic carbocycles. The van der Waals surface area contributed by atoms with Crippen LogP contribution in [0.15, 0.2) is 59.6 Å². The lowest BCUT2D eigenvalue weighted by Crippen LogP contribution is -2.45. The molecule has 0 saturated heterocycles. The molecular weight excluding hydrogens is 240 g/mol. The zero-order chi connectivity index (χ0) is 13.3. The number of aldehydes is 1. The molecule has 0 amide bonds. The Morgan fingerprint density at radius 2 is 1.74 bits per heavy atom. The number of carbonyl (C=O) groups excluding carboxylic acids is 1. The van der Waals surface area contributed by atoms with Crippen LogP contribution < -0.4 is 5.73 Å². The highest BCUT2D eigenvalue weighted by Gasteiger charge is 2.36. The van der Waals surface area contributed by atoms with E-state index in [2.05, 4.69) is 4.99 Å². The Morgan fingerprint density at radius 1 is 1.05 bits per heavy atom. The van der Waals surface area contributed by atoms with Gasteiger partial charge in [-0.25, -0.2) is 4.99 Å². The summed E-state index contributed by atoms with van der Waals surface area (Å²) in [7, 11) is 0. The molecule has 0 aliphatic carbocycles. The number of aliphatic imine (C=N–C) groups is 1. The Morgan fingerprint density at radius 3 is 2.47 bits per heavy atom. The zero-order valence-electron chi connectivity index (χ0n) is 10.1. The molecule has 1 aliphatic heterocycles. The van der Waals surface area contributed by atoms with Gasteiger partial charge in [-0.05, 0) is 18.2 Å². The van der Waals surface area contributed by atoms with Crippen LogP contribution in [0.4, 0.5) is 5.69 Å². The number of para-hydroxylation sites is 1. The highest BCUT2D eigenvalue weighted by Crippen LogP contribution is 2.34. The van der Waals surface area contributed by atoms with E-state index >= 15 is 0 Å². The molecule has 1 unspecified atom stereocenters. The van der Waals surface area contributed by atoms with Crippen LogP contribution in [-0.2, 0) is 15.3 Å². The van der Waals surface area contributed by atoms with E-state index in [4.69, 9.17) is 10.5 Å². The molecule has 1 atom stereocenters. The molecule has 4 nitrogen and oxygen atoms in total. The normalized spacial score (nSPS) is 21.0. The predicted molar refractivity (Wildman–Crippen MR) is 72.1 cm³/mol. The molecule has 3 rings (SSSR count). The zero-order valence-corrected chi connectivity index (χ0v) is 10.1. The standard InChI is InChI=1S/C15H12N2O2/c16-15(10-18)12-8-4-5-9-13(12)17-14(19-15)11-6-2-1-3-7-11/h1-10H,16H2. The lowest BCUT2D eigenvalue weighted by atomic mass is 10.0. The summed E-state index contributed by atoms with van der Waals surface area (Å²) in [5.41, 5.74) is 6.56. The first-order chi connectivity index (χ1) is 9.23. The number of ether oxygens (including phenoxy) is 1.